The van der Waals surface area contributed by atoms with E-state index in [9.17, 15) is 8.42 Å². The van der Waals surface area contributed by atoms with E-state index in [0.717, 1.165) is 16.5 Å². The highest BCUT2D eigenvalue weighted by Gasteiger charge is 2.30. The van der Waals surface area contributed by atoms with E-state index in [1.807, 2.05) is 53.8 Å². The molecule has 9 nitrogen and oxygen atoms in total. The fraction of sp³-hybridized carbons (Fsp3) is 0.208. The van der Waals surface area contributed by atoms with Crippen molar-refractivity contribution in [3.63, 3.8) is 0 Å². The van der Waals surface area contributed by atoms with Crippen molar-refractivity contribution in [3.05, 3.63) is 72.5 Å². The van der Waals surface area contributed by atoms with Crippen molar-refractivity contribution in [3.8, 4) is 11.6 Å². The minimum Gasteiger partial charge on any atom is -0.461 e. The molecule has 1 fully saturated rings. The van der Waals surface area contributed by atoms with Gasteiger partial charge in [0.25, 0.3) is 0 Å². The molecule has 34 heavy (non-hydrogen) atoms. The Kier molecular flexibility index (Phi) is 4.85. The minimum atomic E-state index is -3.55. The van der Waals surface area contributed by atoms with Gasteiger partial charge in [0.15, 0.2) is 11.4 Å². The number of sulfonamides is 1. The van der Waals surface area contributed by atoms with E-state index < -0.39 is 10.0 Å². The van der Waals surface area contributed by atoms with E-state index in [1.165, 1.54) is 4.31 Å². The van der Waals surface area contributed by atoms with Crippen LogP contribution < -0.4 is 4.90 Å². The van der Waals surface area contributed by atoms with Gasteiger partial charge in [-0.2, -0.15) is 4.31 Å². The van der Waals surface area contributed by atoms with Crippen LogP contribution in [0.3, 0.4) is 0 Å². The number of hydrogen-bond acceptors (Lipinski definition) is 7. The summed E-state index contributed by atoms with van der Waals surface area (Å²) in [5.74, 6) is 1.81. The first-order chi connectivity index (χ1) is 16.5. The molecule has 0 radical (unpaired) electrons. The van der Waals surface area contributed by atoms with Crippen molar-refractivity contribution < 1.29 is 12.8 Å². The van der Waals surface area contributed by atoms with Crippen LogP contribution in [-0.2, 0) is 10.0 Å². The van der Waals surface area contributed by atoms with E-state index in [-0.39, 0.29) is 0 Å². The molecule has 3 aromatic heterocycles. The molecule has 10 heteroatoms. The average Bonchev–Trinajstić information content (AvgIpc) is 3.54. The van der Waals surface area contributed by atoms with Crippen LogP contribution in [-0.4, -0.2) is 58.5 Å². The summed E-state index contributed by atoms with van der Waals surface area (Å²) in [4.78, 5) is 7.32. The number of piperazine rings is 1. The van der Waals surface area contributed by atoms with Gasteiger partial charge in [0.2, 0.25) is 21.8 Å². The van der Waals surface area contributed by atoms with E-state index in [0.29, 0.717) is 54.3 Å². The topological polar surface area (TPSA) is 96.8 Å². The Morgan fingerprint density at radius 1 is 0.882 bits per heavy atom. The van der Waals surface area contributed by atoms with Crippen molar-refractivity contribution in [1.29, 1.82) is 0 Å². The molecular weight excluding hydrogens is 452 g/mol. The summed E-state index contributed by atoms with van der Waals surface area (Å²) in [6.07, 6.45) is 1.60. The fourth-order valence-corrected chi connectivity index (χ4v) is 5.75. The minimum absolute atomic E-state index is 0.316. The summed E-state index contributed by atoms with van der Waals surface area (Å²) in [5.41, 5.74) is 2.51. The SMILES string of the molecule is Cc1ccc(S(=O)(=O)N2CCN(c3nc4ccccc4c4nnc(-c5ccco5)n34)CC2)cc1. The Balaban J connectivity index is 1.38. The number of furan rings is 1. The van der Waals surface area contributed by atoms with Gasteiger partial charge in [0, 0.05) is 31.6 Å². The second-order valence-corrected chi connectivity index (χ2v) is 10.2. The maximum absolute atomic E-state index is 13.2. The van der Waals surface area contributed by atoms with Crippen molar-refractivity contribution in [1.82, 2.24) is 23.9 Å². The van der Waals surface area contributed by atoms with Gasteiger partial charge >= 0.3 is 0 Å². The standard InChI is InChI=1S/C24H22N6O3S/c1-17-8-10-18(11-9-17)34(31,32)29-14-12-28(13-15-29)24-25-20-6-3-2-5-19(20)22-26-27-23(30(22)24)21-7-4-16-33-21/h2-11,16H,12-15H2,1H3. The normalized spacial score (nSPS) is 15.4. The molecule has 0 amide bonds. The highest BCUT2D eigenvalue weighted by molar-refractivity contribution is 7.89. The quantitative estimate of drug-likeness (QED) is 0.394. The third-order valence-corrected chi connectivity index (χ3v) is 8.06. The van der Waals surface area contributed by atoms with Gasteiger partial charge in [-0.1, -0.05) is 29.8 Å². The molecule has 0 N–H and O–H groups in total. The molecule has 1 saturated heterocycles. The van der Waals surface area contributed by atoms with Gasteiger partial charge in [-0.25, -0.2) is 17.8 Å². The summed E-state index contributed by atoms with van der Waals surface area (Å²) < 4.78 is 35.3. The molecule has 6 rings (SSSR count). The number of anilines is 1. The van der Waals surface area contributed by atoms with E-state index >= 15 is 0 Å². The van der Waals surface area contributed by atoms with Crippen molar-refractivity contribution in [2.75, 3.05) is 31.1 Å². The maximum atomic E-state index is 13.2. The van der Waals surface area contributed by atoms with Crippen LogP contribution in [0.4, 0.5) is 5.95 Å². The smallest absolute Gasteiger partial charge is 0.243 e. The van der Waals surface area contributed by atoms with Crippen LogP contribution in [0, 0.1) is 6.92 Å². The lowest BCUT2D eigenvalue weighted by molar-refractivity contribution is 0.382. The largest absolute Gasteiger partial charge is 0.461 e. The van der Waals surface area contributed by atoms with Crippen molar-refractivity contribution in [2.24, 2.45) is 0 Å². The molecule has 1 aliphatic rings. The zero-order valence-corrected chi connectivity index (χ0v) is 19.3. The highest BCUT2D eigenvalue weighted by atomic mass is 32.2. The molecule has 0 aliphatic carbocycles. The monoisotopic (exact) mass is 474 g/mol. The summed E-state index contributed by atoms with van der Waals surface area (Å²) in [6.45, 7) is 3.62. The predicted octanol–water partition coefficient (Wildman–Crippen LogP) is 3.36. The van der Waals surface area contributed by atoms with Gasteiger partial charge in [-0.05, 0) is 43.3 Å². The maximum Gasteiger partial charge on any atom is 0.243 e. The Labute approximate surface area is 196 Å². The molecule has 0 atom stereocenters. The Morgan fingerprint density at radius 2 is 1.65 bits per heavy atom. The third kappa shape index (κ3) is 3.34. The van der Waals surface area contributed by atoms with E-state index in [4.69, 9.17) is 9.40 Å². The molecule has 4 heterocycles. The first kappa shape index (κ1) is 20.8. The van der Waals surface area contributed by atoms with E-state index in [2.05, 4.69) is 15.1 Å². The highest BCUT2D eigenvalue weighted by Crippen LogP contribution is 2.29. The van der Waals surface area contributed by atoms with Crippen molar-refractivity contribution in [2.45, 2.75) is 11.8 Å². The lowest BCUT2D eigenvalue weighted by Gasteiger charge is -2.34. The summed E-state index contributed by atoms with van der Waals surface area (Å²) in [5, 5.41) is 9.72. The number of hydrogen-bond donors (Lipinski definition) is 0. The Morgan fingerprint density at radius 3 is 2.38 bits per heavy atom. The van der Waals surface area contributed by atoms with Gasteiger partial charge in [-0.15, -0.1) is 10.2 Å². The number of rotatable bonds is 4. The molecule has 0 unspecified atom stereocenters. The molecule has 0 spiro atoms. The van der Waals surface area contributed by atoms with Crippen LogP contribution in [0.2, 0.25) is 0 Å². The van der Waals surface area contributed by atoms with Gasteiger partial charge in [0.1, 0.15) is 0 Å². The lowest BCUT2D eigenvalue weighted by atomic mass is 10.2. The van der Waals surface area contributed by atoms with Crippen LogP contribution in [0.1, 0.15) is 5.56 Å². The molecule has 172 valence electrons. The number of aromatic nitrogens is 4. The van der Waals surface area contributed by atoms with Crippen LogP contribution in [0.5, 0.6) is 0 Å². The fourth-order valence-electron chi connectivity index (χ4n) is 4.33. The second-order valence-electron chi connectivity index (χ2n) is 8.29. The van der Waals surface area contributed by atoms with Crippen LogP contribution >= 0.6 is 0 Å². The number of aryl methyl sites for hydroxylation is 1. The number of nitrogens with zero attached hydrogens (tertiary/aromatic N) is 6. The summed E-state index contributed by atoms with van der Waals surface area (Å²) in [7, 11) is -3.55. The number of fused-ring (bicyclic) bond motifs is 3. The molecule has 2 aromatic carbocycles. The average molecular weight is 475 g/mol. The van der Waals surface area contributed by atoms with E-state index in [1.54, 1.807) is 24.5 Å². The zero-order chi connectivity index (χ0) is 23.3. The number of benzene rings is 2. The number of para-hydroxylation sites is 1. The Bertz CT molecular complexity index is 1590. The molecule has 5 aromatic rings. The van der Waals surface area contributed by atoms with Gasteiger partial charge in [-0.3, -0.25) is 0 Å². The predicted molar refractivity (Wildman–Crippen MR) is 128 cm³/mol. The molecule has 1 aliphatic heterocycles. The van der Waals surface area contributed by atoms with Crippen LogP contribution in [0.15, 0.2) is 76.2 Å². The van der Waals surface area contributed by atoms with Gasteiger partial charge < -0.3 is 9.32 Å². The summed E-state index contributed by atoms with van der Waals surface area (Å²) in [6, 6.07) is 18.4. The molecule has 0 bridgehead atoms. The molecule has 0 saturated carbocycles. The zero-order valence-electron chi connectivity index (χ0n) is 18.5. The molecular formula is C24H22N6O3S. The second kappa shape index (κ2) is 7.93. The first-order valence-electron chi connectivity index (χ1n) is 11.0. The van der Waals surface area contributed by atoms with Gasteiger partial charge in [0.05, 0.1) is 16.7 Å². The summed E-state index contributed by atoms with van der Waals surface area (Å²) >= 11 is 0. The van der Waals surface area contributed by atoms with Crippen molar-refractivity contribution >= 4 is 32.5 Å². The lowest BCUT2D eigenvalue weighted by Crippen LogP contribution is -2.49. The Hall–Kier alpha value is -3.76. The van der Waals surface area contributed by atoms with Crippen LogP contribution in [0.25, 0.3) is 28.1 Å². The third-order valence-electron chi connectivity index (χ3n) is 6.15. The first-order valence-corrected chi connectivity index (χ1v) is 12.5.